The second kappa shape index (κ2) is 8.45. The summed E-state index contributed by atoms with van der Waals surface area (Å²) in [4.78, 5) is 23.7. The minimum atomic E-state index is -4.85. The number of aliphatic imine (C=N–C) groups is 1. The fraction of sp³-hybridized carbons (Fsp3) is 0.316. The molecule has 14 heteroatoms. The average Bonchev–Trinajstić information content (AvgIpc) is 2.73. The van der Waals surface area contributed by atoms with Crippen molar-refractivity contribution in [1.82, 2.24) is 9.97 Å². The molecule has 3 heterocycles. The van der Waals surface area contributed by atoms with E-state index in [0.717, 1.165) is 18.3 Å². The van der Waals surface area contributed by atoms with Crippen LogP contribution >= 0.6 is 11.6 Å². The van der Waals surface area contributed by atoms with Crippen molar-refractivity contribution in [3.8, 4) is 11.9 Å². The van der Waals surface area contributed by atoms with E-state index in [2.05, 4.69) is 20.3 Å². The van der Waals surface area contributed by atoms with Crippen LogP contribution in [0.25, 0.3) is 0 Å². The molecule has 0 aromatic carbocycles. The van der Waals surface area contributed by atoms with Gasteiger partial charge in [0, 0.05) is 6.20 Å². The zero-order valence-corrected chi connectivity index (χ0v) is 17.8. The summed E-state index contributed by atoms with van der Waals surface area (Å²) in [5, 5.41) is 10.9. The number of hydrogen-bond acceptors (Lipinski definition) is 8. The molecule has 0 bridgehead atoms. The second-order valence-electron chi connectivity index (χ2n) is 7.25. The number of anilines is 1. The van der Waals surface area contributed by atoms with Crippen LogP contribution in [0.5, 0.6) is 5.88 Å². The van der Waals surface area contributed by atoms with Gasteiger partial charge in [-0.1, -0.05) is 11.6 Å². The number of nitriles is 1. The van der Waals surface area contributed by atoms with Crippen LogP contribution in [0.3, 0.4) is 0 Å². The Bertz CT molecular complexity index is 1190. The molecule has 2 unspecified atom stereocenters. The lowest BCUT2D eigenvalue weighted by Crippen LogP contribution is -2.60. The van der Waals surface area contributed by atoms with Gasteiger partial charge in [0.2, 0.25) is 11.5 Å². The van der Waals surface area contributed by atoms with Crippen molar-refractivity contribution in [3.63, 3.8) is 0 Å². The molecule has 1 aliphatic heterocycles. The molecule has 0 fully saturated rings. The molecule has 2 atom stereocenters. The van der Waals surface area contributed by atoms with Gasteiger partial charge in [0.05, 0.1) is 12.2 Å². The normalized spacial score (nSPS) is 22.8. The van der Waals surface area contributed by atoms with Crippen LogP contribution in [-0.4, -0.2) is 40.3 Å². The third-order valence-corrected chi connectivity index (χ3v) is 5.02. The van der Waals surface area contributed by atoms with Crippen molar-refractivity contribution >= 4 is 29.3 Å². The predicted molar refractivity (Wildman–Crippen MR) is 107 cm³/mol. The van der Waals surface area contributed by atoms with Crippen molar-refractivity contribution in [2.75, 3.05) is 11.9 Å². The number of hydrogen-bond donors (Lipinski definition) is 2. The third kappa shape index (κ3) is 4.67. The molecule has 33 heavy (non-hydrogen) atoms. The van der Waals surface area contributed by atoms with Crippen LogP contribution in [0, 0.1) is 17.1 Å². The van der Waals surface area contributed by atoms with E-state index in [9.17, 15) is 22.4 Å². The quantitative estimate of drug-likeness (QED) is 0.632. The number of amides is 1. The van der Waals surface area contributed by atoms with Crippen molar-refractivity contribution < 1.29 is 31.8 Å². The summed E-state index contributed by atoms with van der Waals surface area (Å²) in [6.07, 6.45) is -4.82. The molecular weight excluding hydrogens is 472 g/mol. The summed E-state index contributed by atoms with van der Waals surface area (Å²) in [5.74, 6) is -2.32. The number of pyridine rings is 2. The Morgan fingerprint density at radius 1 is 1.39 bits per heavy atom. The van der Waals surface area contributed by atoms with E-state index in [0.29, 0.717) is 6.92 Å². The zero-order valence-electron chi connectivity index (χ0n) is 17.0. The van der Waals surface area contributed by atoms with E-state index in [1.54, 1.807) is 0 Å². The molecule has 3 rings (SSSR count). The number of carbonyl (C=O) groups is 1. The Morgan fingerprint density at radius 3 is 2.67 bits per heavy atom. The van der Waals surface area contributed by atoms with Crippen molar-refractivity contribution in [3.05, 3.63) is 46.5 Å². The largest absolute Gasteiger partial charge is 0.424 e. The zero-order chi connectivity index (χ0) is 24.6. The van der Waals surface area contributed by atoms with Crippen LogP contribution in [0.2, 0.25) is 5.02 Å². The van der Waals surface area contributed by atoms with Gasteiger partial charge in [0.15, 0.2) is 0 Å². The SMILES string of the molecule is CC1(c2nc(NC(=O)Oc3ncc(C#N)cc3Cl)ccc2F)COC(C)(C(F)(F)F)C(N)=N1. The van der Waals surface area contributed by atoms with Gasteiger partial charge in [-0.25, -0.2) is 19.2 Å². The predicted octanol–water partition coefficient (Wildman–Crippen LogP) is 3.68. The van der Waals surface area contributed by atoms with Crippen molar-refractivity contribution in [2.45, 2.75) is 31.2 Å². The highest BCUT2D eigenvalue weighted by atomic mass is 35.5. The number of alkyl halides is 3. The van der Waals surface area contributed by atoms with E-state index in [1.807, 2.05) is 6.07 Å². The summed E-state index contributed by atoms with van der Waals surface area (Å²) in [5.41, 5.74) is 0.706. The van der Waals surface area contributed by atoms with E-state index in [1.165, 1.54) is 13.0 Å². The first-order valence-electron chi connectivity index (χ1n) is 9.07. The highest BCUT2D eigenvalue weighted by Gasteiger charge is 2.59. The average molecular weight is 487 g/mol. The van der Waals surface area contributed by atoms with Crippen molar-refractivity contribution in [1.29, 1.82) is 5.26 Å². The van der Waals surface area contributed by atoms with Gasteiger partial charge in [0.1, 0.15) is 39.8 Å². The smallest absolute Gasteiger partial charge is 0.389 e. The summed E-state index contributed by atoms with van der Waals surface area (Å²) in [6, 6.07) is 5.06. The lowest BCUT2D eigenvalue weighted by molar-refractivity contribution is -0.249. The molecule has 0 saturated heterocycles. The fourth-order valence-corrected chi connectivity index (χ4v) is 2.99. The van der Waals surface area contributed by atoms with E-state index < -0.39 is 47.4 Å². The topological polar surface area (TPSA) is 136 Å². The van der Waals surface area contributed by atoms with Crippen molar-refractivity contribution in [2.24, 2.45) is 10.7 Å². The molecule has 3 N–H and O–H groups in total. The van der Waals surface area contributed by atoms with Crippen LogP contribution in [0.4, 0.5) is 28.2 Å². The number of rotatable bonds is 3. The minimum absolute atomic E-state index is 0.110. The van der Waals surface area contributed by atoms with Gasteiger partial charge in [-0.05, 0) is 32.0 Å². The molecule has 2 aromatic rings. The Balaban J connectivity index is 1.84. The number of aromatic nitrogens is 2. The minimum Gasteiger partial charge on any atom is -0.389 e. The maximum Gasteiger partial charge on any atom is 0.424 e. The molecular formula is C19H15ClF4N6O3. The Labute approximate surface area is 189 Å². The lowest BCUT2D eigenvalue weighted by atomic mass is 9.93. The molecule has 1 aliphatic rings. The van der Waals surface area contributed by atoms with Gasteiger partial charge in [-0.15, -0.1) is 0 Å². The molecule has 174 valence electrons. The van der Waals surface area contributed by atoms with Gasteiger partial charge in [-0.2, -0.15) is 18.4 Å². The molecule has 0 spiro atoms. The van der Waals surface area contributed by atoms with Gasteiger partial charge in [-0.3, -0.25) is 10.3 Å². The molecule has 2 aromatic heterocycles. The maximum absolute atomic E-state index is 14.5. The van der Waals surface area contributed by atoms with E-state index >= 15 is 0 Å². The second-order valence-corrected chi connectivity index (χ2v) is 7.66. The van der Waals surface area contributed by atoms with Crippen LogP contribution < -0.4 is 15.8 Å². The number of amidine groups is 1. The standard InChI is InChI=1S/C19H15ClF4N6O3/c1-17(8-32-18(2,15(26)30-17)19(22,23)24)13-11(21)3-4-12(28-13)29-16(31)33-14-10(20)5-9(6-25)7-27-14/h3-5,7H,8H2,1-2H3,(H2,26,30)(H,28,29,31). The first-order valence-corrected chi connectivity index (χ1v) is 9.45. The third-order valence-electron chi connectivity index (χ3n) is 4.75. The first kappa shape index (κ1) is 24.1. The Hall–Kier alpha value is -3.50. The van der Waals surface area contributed by atoms with Crippen LogP contribution in [-0.2, 0) is 10.3 Å². The molecule has 0 saturated carbocycles. The summed E-state index contributed by atoms with van der Waals surface area (Å²) in [6.45, 7) is 1.31. The summed E-state index contributed by atoms with van der Waals surface area (Å²) >= 11 is 5.89. The molecule has 1 amide bonds. The summed E-state index contributed by atoms with van der Waals surface area (Å²) in [7, 11) is 0. The number of nitrogens with two attached hydrogens (primary N) is 1. The molecule has 0 aliphatic carbocycles. The van der Waals surface area contributed by atoms with E-state index in [4.69, 9.17) is 32.1 Å². The number of ether oxygens (including phenoxy) is 2. The number of nitrogens with zero attached hydrogens (tertiary/aromatic N) is 4. The number of carbonyl (C=O) groups excluding carboxylic acids is 1. The first-order chi connectivity index (χ1) is 15.3. The molecule has 0 radical (unpaired) electrons. The highest BCUT2D eigenvalue weighted by molar-refractivity contribution is 6.32. The maximum atomic E-state index is 14.5. The monoisotopic (exact) mass is 486 g/mol. The van der Waals surface area contributed by atoms with Gasteiger partial charge >= 0.3 is 12.3 Å². The number of halogens is 5. The fourth-order valence-electron chi connectivity index (χ4n) is 2.78. The molecule has 9 nitrogen and oxygen atoms in total. The van der Waals surface area contributed by atoms with Crippen LogP contribution in [0.15, 0.2) is 29.4 Å². The Morgan fingerprint density at radius 2 is 2.09 bits per heavy atom. The summed E-state index contributed by atoms with van der Waals surface area (Å²) < 4.78 is 64.3. The number of nitrogens with one attached hydrogen (secondary N) is 1. The van der Waals surface area contributed by atoms with Gasteiger partial charge < -0.3 is 15.2 Å². The van der Waals surface area contributed by atoms with E-state index in [-0.39, 0.29) is 22.3 Å². The highest BCUT2D eigenvalue weighted by Crippen LogP contribution is 2.41. The van der Waals surface area contributed by atoms with Gasteiger partial charge in [0.25, 0.3) is 0 Å². The Kier molecular flexibility index (Phi) is 6.18. The lowest BCUT2D eigenvalue weighted by Gasteiger charge is -2.40. The van der Waals surface area contributed by atoms with Crippen LogP contribution in [0.1, 0.15) is 25.1 Å².